The number of carbonyl (C=O) groups excluding carboxylic acids is 1. The van der Waals surface area contributed by atoms with E-state index in [1.165, 1.54) is 11.8 Å². The van der Waals surface area contributed by atoms with E-state index in [1.807, 2.05) is 74.5 Å². The van der Waals surface area contributed by atoms with Crippen molar-refractivity contribution < 1.29 is 9.53 Å². The van der Waals surface area contributed by atoms with Crippen molar-refractivity contribution in [2.75, 3.05) is 13.1 Å². The molecule has 2 aromatic rings. The Morgan fingerprint density at radius 3 is 2.15 bits per heavy atom. The van der Waals surface area contributed by atoms with Gasteiger partial charge in [-0.15, -0.1) is 0 Å². The van der Waals surface area contributed by atoms with Crippen molar-refractivity contribution in [3.63, 3.8) is 0 Å². The van der Waals surface area contributed by atoms with Gasteiger partial charge >= 0.3 is 0 Å². The molecule has 0 unspecified atom stereocenters. The Bertz CT molecular complexity index is 803. The van der Waals surface area contributed by atoms with Crippen LogP contribution in [0.1, 0.15) is 32.3 Å². The second kappa shape index (κ2) is 7.54. The van der Waals surface area contributed by atoms with Crippen molar-refractivity contribution in [2.24, 2.45) is 0 Å². The van der Waals surface area contributed by atoms with Crippen LogP contribution in [0.3, 0.4) is 0 Å². The Labute approximate surface area is 159 Å². The molecule has 26 heavy (non-hydrogen) atoms. The summed E-state index contributed by atoms with van der Waals surface area (Å²) in [7, 11) is 0. The monoisotopic (exact) mass is 368 g/mol. The quantitative estimate of drug-likeness (QED) is 0.589. The number of amides is 1. The van der Waals surface area contributed by atoms with Gasteiger partial charge in [0.15, 0.2) is 5.92 Å². The number of benzene rings is 2. The van der Waals surface area contributed by atoms with E-state index in [0.29, 0.717) is 18.1 Å². The molecule has 0 radical (unpaired) electrons. The average Bonchev–Trinajstić information content (AvgIpc) is 2.69. The van der Waals surface area contributed by atoms with Crippen molar-refractivity contribution in [2.45, 2.75) is 37.1 Å². The first-order chi connectivity index (χ1) is 12.5. The molecule has 1 amide bonds. The van der Waals surface area contributed by atoms with Gasteiger partial charge in [-0.1, -0.05) is 48.5 Å². The van der Waals surface area contributed by atoms with Gasteiger partial charge in [0.25, 0.3) is 11.4 Å². The van der Waals surface area contributed by atoms with Crippen molar-refractivity contribution in [3.05, 3.63) is 71.4 Å². The third-order valence-electron chi connectivity index (χ3n) is 5.01. The Morgan fingerprint density at radius 1 is 1.08 bits per heavy atom. The average molecular weight is 369 g/mol. The summed E-state index contributed by atoms with van der Waals surface area (Å²) in [5.41, 5.74) is -0.106. The molecule has 1 aliphatic heterocycles. The van der Waals surface area contributed by atoms with E-state index >= 15 is 0 Å². The lowest BCUT2D eigenvalue weighted by Crippen LogP contribution is -2.66. The summed E-state index contributed by atoms with van der Waals surface area (Å²) in [4.78, 5) is 15.9. The first kappa shape index (κ1) is 18.5. The number of carbonyl (C=O) groups is 1. The predicted octanol–water partition coefficient (Wildman–Crippen LogP) is 4.11. The van der Waals surface area contributed by atoms with E-state index in [9.17, 15) is 10.0 Å². The Morgan fingerprint density at radius 2 is 1.62 bits per heavy atom. The van der Waals surface area contributed by atoms with Crippen LogP contribution in [-0.4, -0.2) is 39.2 Å². The van der Waals surface area contributed by atoms with Gasteiger partial charge in [0, 0.05) is 24.9 Å². The van der Waals surface area contributed by atoms with Crippen LogP contribution in [-0.2, 0) is 4.79 Å². The lowest BCUT2D eigenvalue weighted by Gasteiger charge is -2.44. The molecule has 0 aromatic heterocycles. The smallest absolute Gasteiger partial charge is 0.296 e. The number of hydrogen-bond donors (Lipinski definition) is 0. The Kier molecular flexibility index (Phi) is 5.37. The fraction of sp³-hybridized carbons (Fsp3) is 0.333. The highest BCUT2D eigenvalue weighted by atomic mass is 32.2. The second-order valence-electron chi connectivity index (χ2n) is 6.52. The summed E-state index contributed by atoms with van der Waals surface area (Å²) < 4.78 is 0.920. The fourth-order valence-corrected chi connectivity index (χ4v) is 4.79. The maximum absolute atomic E-state index is 13.2. The highest BCUT2D eigenvalue weighted by Gasteiger charge is 2.64. The topological polar surface area (TPSA) is 46.4 Å². The zero-order valence-corrected chi connectivity index (χ0v) is 16.2. The Balaban J connectivity index is 2.04. The first-order valence-corrected chi connectivity index (χ1v) is 9.77. The highest BCUT2D eigenvalue weighted by Crippen LogP contribution is 2.46. The van der Waals surface area contributed by atoms with Crippen LogP contribution in [0.15, 0.2) is 65.6 Å². The molecular weight excluding hydrogens is 344 g/mol. The molecule has 0 saturated carbocycles. The van der Waals surface area contributed by atoms with Crippen LogP contribution >= 0.6 is 11.8 Å². The maximum atomic E-state index is 13.2. The summed E-state index contributed by atoms with van der Waals surface area (Å²) in [6, 6.07) is 19.7. The van der Waals surface area contributed by atoms with Crippen molar-refractivity contribution in [1.29, 1.82) is 0 Å². The molecule has 1 heterocycles. The number of thioether (sulfide) groups is 1. The van der Waals surface area contributed by atoms with E-state index in [0.717, 1.165) is 15.2 Å². The van der Waals surface area contributed by atoms with Gasteiger partial charge in [-0.25, -0.2) is 0 Å². The zero-order valence-electron chi connectivity index (χ0n) is 15.4. The number of likely N-dealkylation sites (N-methyl/N-ethyl adjacent to an activating group) is 1. The molecule has 0 spiro atoms. The minimum atomic E-state index is -1.11. The molecule has 0 fully saturated rings. The van der Waals surface area contributed by atoms with Crippen LogP contribution in [0.5, 0.6) is 0 Å². The minimum Gasteiger partial charge on any atom is -0.622 e. The molecule has 136 valence electrons. The van der Waals surface area contributed by atoms with Gasteiger partial charge in [-0.05, 0) is 43.3 Å². The summed E-state index contributed by atoms with van der Waals surface area (Å²) >= 11 is 1.45. The molecular formula is C21H24N2O2S. The fourth-order valence-electron chi connectivity index (χ4n) is 3.50. The number of rotatable bonds is 5. The van der Waals surface area contributed by atoms with Gasteiger partial charge in [0.1, 0.15) is 0 Å². The second-order valence-corrected chi connectivity index (χ2v) is 7.61. The molecule has 0 saturated heterocycles. The molecule has 0 bridgehead atoms. The highest BCUT2D eigenvalue weighted by molar-refractivity contribution is 8.14. The van der Waals surface area contributed by atoms with Gasteiger partial charge in [-0.2, -0.15) is 4.74 Å². The molecule has 2 atom stereocenters. The lowest BCUT2D eigenvalue weighted by atomic mass is 9.75. The number of hydrogen-bond acceptors (Lipinski definition) is 3. The first-order valence-electron chi connectivity index (χ1n) is 8.95. The van der Waals surface area contributed by atoms with Crippen LogP contribution in [0.2, 0.25) is 0 Å². The van der Waals surface area contributed by atoms with E-state index < -0.39 is 5.54 Å². The summed E-state index contributed by atoms with van der Waals surface area (Å²) in [5, 5.41) is 13.7. The molecule has 5 heteroatoms. The zero-order chi connectivity index (χ0) is 18.7. The van der Waals surface area contributed by atoms with Crippen LogP contribution in [0.25, 0.3) is 0 Å². The van der Waals surface area contributed by atoms with E-state index in [1.54, 1.807) is 11.8 Å². The summed E-state index contributed by atoms with van der Waals surface area (Å²) in [6.45, 7) is 6.86. The third kappa shape index (κ3) is 3.01. The maximum Gasteiger partial charge on any atom is 0.296 e. The van der Waals surface area contributed by atoms with Gasteiger partial charge in [0.2, 0.25) is 5.04 Å². The van der Waals surface area contributed by atoms with Crippen molar-refractivity contribution in [1.82, 2.24) is 4.90 Å². The normalized spacial score (nSPS) is 22.0. The predicted molar refractivity (Wildman–Crippen MR) is 106 cm³/mol. The molecule has 0 N–H and O–H groups in total. The molecule has 2 aromatic carbocycles. The lowest BCUT2D eigenvalue weighted by molar-refractivity contribution is -0.560. The van der Waals surface area contributed by atoms with E-state index in [-0.39, 0.29) is 11.8 Å². The van der Waals surface area contributed by atoms with Gasteiger partial charge in [-0.3, -0.25) is 4.79 Å². The number of hydroxylamine groups is 1. The van der Waals surface area contributed by atoms with Crippen LogP contribution in [0, 0.1) is 5.21 Å². The molecule has 3 rings (SSSR count). The van der Waals surface area contributed by atoms with Crippen molar-refractivity contribution >= 4 is 22.7 Å². The van der Waals surface area contributed by atoms with Crippen LogP contribution in [0.4, 0.5) is 0 Å². The van der Waals surface area contributed by atoms with Gasteiger partial charge in [0.05, 0.1) is 0 Å². The van der Waals surface area contributed by atoms with E-state index in [4.69, 9.17) is 0 Å². The van der Waals surface area contributed by atoms with E-state index in [2.05, 4.69) is 0 Å². The molecule has 1 aliphatic rings. The van der Waals surface area contributed by atoms with Gasteiger partial charge < -0.3 is 10.1 Å². The van der Waals surface area contributed by atoms with Crippen molar-refractivity contribution in [3.8, 4) is 0 Å². The standard InChI is InChI=1S/C21H24N2O2S/c1-4-22(5-2)20(24)21(3)18(16-12-8-6-9-13-16)19(23(21)25)26-17-14-10-7-11-15-17/h6-15,18H,4-5H2,1-3H3/t18-,21+/m0/s1. The SMILES string of the molecule is CCN(CC)C(=O)[C@@]1(C)[C@@H](c2ccccc2)C(Sc2ccccc2)=[N+]1[O-]. The molecule has 0 aliphatic carbocycles. The summed E-state index contributed by atoms with van der Waals surface area (Å²) in [6.07, 6.45) is 0. The number of nitrogens with zero attached hydrogens (tertiary/aromatic N) is 2. The molecule has 4 nitrogen and oxygen atoms in total. The minimum absolute atomic E-state index is 0.108. The largest absolute Gasteiger partial charge is 0.622 e. The summed E-state index contributed by atoms with van der Waals surface area (Å²) in [5.74, 6) is -0.344. The Hall–Kier alpha value is -2.27. The van der Waals surface area contributed by atoms with Crippen LogP contribution < -0.4 is 0 Å². The third-order valence-corrected chi connectivity index (χ3v) is 6.13.